The number of esters is 1. The van der Waals surface area contributed by atoms with Crippen molar-refractivity contribution in [2.24, 2.45) is 0 Å². The zero-order valence-corrected chi connectivity index (χ0v) is 12.4. The molecule has 0 spiro atoms. The molecular weight excluding hydrogens is 286 g/mol. The molecule has 2 rings (SSSR count). The van der Waals surface area contributed by atoms with Crippen molar-refractivity contribution in [3.05, 3.63) is 58.3 Å². The molecule has 108 valence electrons. The van der Waals surface area contributed by atoms with Gasteiger partial charge in [0.25, 0.3) is 0 Å². The summed E-state index contributed by atoms with van der Waals surface area (Å²) in [6, 6.07) is 10.4. The van der Waals surface area contributed by atoms with Crippen LogP contribution < -0.4 is 5.32 Å². The van der Waals surface area contributed by atoms with Crippen molar-refractivity contribution in [1.82, 2.24) is 0 Å². The first-order valence-electron chi connectivity index (χ1n) is 6.49. The highest BCUT2D eigenvalue weighted by Gasteiger charge is 2.06. The van der Waals surface area contributed by atoms with E-state index in [0.29, 0.717) is 17.9 Å². The van der Waals surface area contributed by atoms with Gasteiger partial charge in [-0.15, -0.1) is 11.3 Å². The van der Waals surface area contributed by atoms with Crippen LogP contribution in [0.5, 0.6) is 0 Å². The van der Waals surface area contributed by atoms with Crippen LogP contribution in [0.2, 0.25) is 0 Å². The third-order valence-electron chi connectivity index (χ3n) is 2.61. The Labute approximate surface area is 127 Å². The molecule has 0 radical (unpaired) electrons. The second-order valence-electron chi connectivity index (χ2n) is 4.14. The zero-order valence-electron chi connectivity index (χ0n) is 11.5. The van der Waals surface area contributed by atoms with Gasteiger partial charge in [-0.25, -0.2) is 4.79 Å². The molecule has 21 heavy (non-hydrogen) atoms. The van der Waals surface area contributed by atoms with Crippen LogP contribution in [0.4, 0.5) is 5.69 Å². The number of carbonyl (C=O) groups excluding carboxylic acids is 2. The molecule has 1 heterocycles. The molecular formula is C16H15NO3S. The molecule has 5 heteroatoms. The number of benzene rings is 1. The number of nitrogens with one attached hydrogen (secondary N) is 1. The second kappa shape index (κ2) is 7.40. The zero-order chi connectivity index (χ0) is 15.1. The maximum Gasteiger partial charge on any atom is 0.338 e. The quantitative estimate of drug-likeness (QED) is 0.678. The van der Waals surface area contributed by atoms with Gasteiger partial charge >= 0.3 is 5.97 Å². The summed E-state index contributed by atoms with van der Waals surface area (Å²) in [7, 11) is 0. The molecule has 0 aliphatic rings. The molecule has 1 aromatic heterocycles. The van der Waals surface area contributed by atoms with Gasteiger partial charge in [0.15, 0.2) is 0 Å². The fraction of sp³-hybridized carbons (Fsp3) is 0.125. The van der Waals surface area contributed by atoms with Gasteiger partial charge in [0.05, 0.1) is 12.2 Å². The van der Waals surface area contributed by atoms with Crippen LogP contribution >= 0.6 is 11.3 Å². The molecule has 0 aliphatic heterocycles. The summed E-state index contributed by atoms with van der Waals surface area (Å²) < 4.78 is 4.89. The predicted molar refractivity (Wildman–Crippen MR) is 84.4 cm³/mol. The molecule has 2 aromatic rings. The van der Waals surface area contributed by atoms with Crippen LogP contribution in [0.25, 0.3) is 6.08 Å². The highest BCUT2D eigenvalue weighted by molar-refractivity contribution is 7.10. The van der Waals surface area contributed by atoms with Crippen molar-refractivity contribution in [2.75, 3.05) is 11.9 Å². The van der Waals surface area contributed by atoms with E-state index >= 15 is 0 Å². The summed E-state index contributed by atoms with van der Waals surface area (Å²) in [5.41, 5.74) is 1.09. The van der Waals surface area contributed by atoms with Gasteiger partial charge in [0, 0.05) is 16.6 Å². The average Bonchev–Trinajstić information content (AvgIpc) is 2.99. The minimum absolute atomic E-state index is 0.215. The van der Waals surface area contributed by atoms with E-state index in [-0.39, 0.29) is 11.9 Å². The molecule has 0 aliphatic carbocycles. The van der Waals surface area contributed by atoms with E-state index < -0.39 is 0 Å². The lowest BCUT2D eigenvalue weighted by atomic mass is 10.2. The smallest absolute Gasteiger partial charge is 0.338 e. The summed E-state index contributed by atoms with van der Waals surface area (Å²) >= 11 is 1.56. The Kier molecular flexibility index (Phi) is 5.29. The summed E-state index contributed by atoms with van der Waals surface area (Å²) in [6.45, 7) is 2.09. The maximum absolute atomic E-state index is 11.7. The van der Waals surface area contributed by atoms with Crippen molar-refractivity contribution in [3.8, 4) is 0 Å². The van der Waals surface area contributed by atoms with E-state index in [1.165, 1.54) is 6.08 Å². The van der Waals surface area contributed by atoms with E-state index in [1.54, 1.807) is 48.6 Å². The lowest BCUT2D eigenvalue weighted by Crippen LogP contribution is -2.08. The maximum atomic E-state index is 11.7. The summed E-state index contributed by atoms with van der Waals surface area (Å²) in [5, 5.41) is 4.68. The minimum Gasteiger partial charge on any atom is -0.462 e. The number of hydrogen-bond acceptors (Lipinski definition) is 4. The number of rotatable bonds is 5. The second-order valence-corrected chi connectivity index (χ2v) is 5.12. The summed E-state index contributed by atoms with van der Waals surface area (Å²) in [4.78, 5) is 24.3. The first-order valence-corrected chi connectivity index (χ1v) is 7.37. The van der Waals surface area contributed by atoms with Crippen molar-refractivity contribution in [2.45, 2.75) is 6.92 Å². The summed E-state index contributed by atoms with van der Waals surface area (Å²) in [6.07, 6.45) is 3.23. The van der Waals surface area contributed by atoms with Crippen LogP contribution in [0.1, 0.15) is 22.2 Å². The minimum atomic E-state index is -0.368. The largest absolute Gasteiger partial charge is 0.462 e. The molecule has 0 saturated carbocycles. The monoisotopic (exact) mass is 301 g/mol. The molecule has 0 unspecified atom stereocenters. The highest BCUT2D eigenvalue weighted by atomic mass is 32.1. The number of ether oxygens (including phenoxy) is 1. The van der Waals surface area contributed by atoms with Gasteiger partial charge in [-0.3, -0.25) is 4.79 Å². The van der Waals surface area contributed by atoms with E-state index in [9.17, 15) is 9.59 Å². The number of hydrogen-bond donors (Lipinski definition) is 1. The number of carbonyl (C=O) groups is 2. The van der Waals surface area contributed by atoms with Gasteiger partial charge < -0.3 is 10.1 Å². The van der Waals surface area contributed by atoms with E-state index in [1.807, 2.05) is 17.5 Å². The van der Waals surface area contributed by atoms with Gasteiger partial charge in [0.1, 0.15) is 0 Å². The predicted octanol–water partition coefficient (Wildman–Crippen LogP) is 3.58. The van der Waals surface area contributed by atoms with Gasteiger partial charge in [-0.1, -0.05) is 6.07 Å². The topological polar surface area (TPSA) is 55.4 Å². The molecule has 0 fully saturated rings. The van der Waals surface area contributed by atoms with E-state index in [2.05, 4.69) is 5.32 Å². The van der Waals surface area contributed by atoms with Crippen LogP contribution in [0, 0.1) is 0 Å². The number of anilines is 1. The fourth-order valence-electron chi connectivity index (χ4n) is 1.63. The third kappa shape index (κ3) is 4.57. The van der Waals surface area contributed by atoms with Crippen LogP contribution in [-0.2, 0) is 9.53 Å². The Morgan fingerprint density at radius 1 is 1.24 bits per heavy atom. The van der Waals surface area contributed by atoms with Crippen molar-refractivity contribution in [1.29, 1.82) is 0 Å². The number of thiophene rings is 1. The Balaban J connectivity index is 1.94. The van der Waals surface area contributed by atoms with Crippen LogP contribution in [-0.4, -0.2) is 18.5 Å². The van der Waals surface area contributed by atoms with Crippen LogP contribution in [0.15, 0.2) is 47.9 Å². The normalized spacial score (nSPS) is 10.5. The first-order chi connectivity index (χ1) is 10.2. The molecule has 1 amide bonds. The van der Waals surface area contributed by atoms with Gasteiger partial charge in [-0.05, 0) is 48.7 Å². The van der Waals surface area contributed by atoms with Gasteiger partial charge in [0.2, 0.25) is 5.91 Å². The molecule has 0 saturated heterocycles. The Hall–Kier alpha value is -2.40. The molecule has 1 aromatic carbocycles. The SMILES string of the molecule is CCOC(=O)c1ccc(NC(=O)C=Cc2cccs2)cc1. The van der Waals surface area contributed by atoms with E-state index in [4.69, 9.17) is 4.74 Å². The standard InChI is InChI=1S/C16H15NO3S/c1-2-20-16(19)12-5-7-13(8-6-12)17-15(18)10-9-14-4-3-11-21-14/h3-11H,2H2,1H3,(H,17,18). The lowest BCUT2D eigenvalue weighted by molar-refractivity contribution is -0.111. The molecule has 1 N–H and O–H groups in total. The number of amides is 1. The summed E-state index contributed by atoms with van der Waals surface area (Å²) in [5.74, 6) is -0.583. The van der Waals surface area contributed by atoms with E-state index in [0.717, 1.165) is 4.88 Å². The van der Waals surface area contributed by atoms with Gasteiger partial charge in [-0.2, -0.15) is 0 Å². The van der Waals surface area contributed by atoms with Crippen molar-refractivity contribution >= 4 is 35.0 Å². The Morgan fingerprint density at radius 3 is 2.62 bits per heavy atom. The van der Waals surface area contributed by atoms with Crippen molar-refractivity contribution in [3.63, 3.8) is 0 Å². The average molecular weight is 301 g/mol. The highest BCUT2D eigenvalue weighted by Crippen LogP contribution is 2.12. The third-order valence-corrected chi connectivity index (χ3v) is 3.44. The fourth-order valence-corrected chi connectivity index (χ4v) is 2.25. The van der Waals surface area contributed by atoms with Crippen molar-refractivity contribution < 1.29 is 14.3 Å². The lowest BCUT2D eigenvalue weighted by Gasteiger charge is -2.04. The molecule has 0 bridgehead atoms. The first kappa shape index (κ1) is 15.0. The molecule has 4 nitrogen and oxygen atoms in total. The Bertz CT molecular complexity index is 630. The molecule has 0 atom stereocenters. The Morgan fingerprint density at radius 2 is 2.00 bits per heavy atom. The van der Waals surface area contributed by atoms with Crippen LogP contribution in [0.3, 0.4) is 0 Å².